The van der Waals surface area contributed by atoms with Gasteiger partial charge in [0.05, 0.1) is 0 Å². The van der Waals surface area contributed by atoms with Crippen LogP contribution in [0.25, 0.3) is 0 Å². The Morgan fingerprint density at radius 2 is 1.77 bits per heavy atom. The zero-order chi connectivity index (χ0) is 10.5. The van der Waals surface area contributed by atoms with E-state index in [1.54, 1.807) is 20.8 Å². The molecular formula is C7H16O4P2. The molecule has 0 N–H and O–H groups in total. The van der Waals surface area contributed by atoms with Crippen molar-refractivity contribution in [1.29, 1.82) is 0 Å². The topological polar surface area (TPSA) is 60.4 Å². The molecule has 0 aliphatic heterocycles. The third-order valence-corrected chi connectivity index (χ3v) is 9.12. The molecule has 0 aromatic rings. The summed E-state index contributed by atoms with van der Waals surface area (Å²) in [4.78, 5) is 10.8. The van der Waals surface area contributed by atoms with Crippen LogP contribution >= 0.6 is 14.5 Å². The van der Waals surface area contributed by atoms with Crippen LogP contribution in [0.15, 0.2) is 0 Å². The molecule has 0 aliphatic rings. The van der Waals surface area contributed by atoms with Gasteiger partial charge in [0.25, 0.3) is 7.72 Å². The first-order valence-corrected chi connectivity index (χ1v) is 8.57. The molecule has 0 amide bonds. The fourth-order valence-corrected chi connectivity index (χ4v) is 4.56. The van der Waals surface area contributed by atoms with Crippen molar-refractivity contribution in [3.63, 3.8) is 0 Å². The van der Waals surface area contributed by atoms with Crippen LogP contribution in [0, 0.1) is 0 Å². The molecule has 0 heterocycles. The van der Waals surface area contributed by atoms with Crippen molar-refractivity contribution in [2.24, 2.45) is 0 Å². The van der Waals surface area contributed by atoms with Crippen LogP contribution in [-0.4, -0.2) is 18.3 Å². The smallest absolute Gasteiger partial charge is 0.310 e. The summed E-state index contributed by atoms with van der Waals surface area (Å²) in [6.45, 7) is 2.28. The Morgan fingerprint density at radius 1 is 1.31 bits per heavy atom. The van der Waals surface area contributed by atoms with Gasteiger partial charge in [-0.1, -0.05) is 20.8 Å². The largest absolute Gasteiger partial charge is 0.408 e. The van der Waals surface area contributed by atoms with Gasteiger partial charge in [-0.15, -0.1) is 0 Å². The molecule has 0 aromatic carbocycles. The molecular weight excluding hydrogens is 210 g/mol. The summed E-state index contributed by atoms with van der Waals surface area (Å²) in [7, 11) is -2.68. The van der Waals surface area contributed by atoms with E-state index in [1.165, 1.54) is 0 Å². The van der Waals surface area contributed by atoms with E-state index in [4.69, 9.17) is 0 Å². The van der Waals surface area contributed by atoms with Crippen molar-refractivity contribution < 1.29 is 18.4 Å². The number of rotatable bonds is 5. The van der Waals surface area contributed by atoms with E-state index in [2.05, 4.69) is 4.52 Å². The van der Waals surface area contributed by atoms with Crippen LogP contribution in [0.4, 0.5) is 0 Å². The van der Waals surface area contributed by atoms with Crippen LogP contribution in [-0.2, 0) is 18.4 Å². The number of hydrogen-bond acceptors (Lipinski definition) is 4. The Bertz CT molecular complexity index is 241. The molecule has 0 spiro atoms. The maximum absolute atomic E-state index is 11.8. The van der Waals surface area contributed by atoms with Crippen LogP contribution in [0.2, 0.25) is 0 Å². The molecule has 6 heteroatoms. The van der Waals surface area contributed by atoms with Crippen molar-refractivity contribution in [1.82, 2.24) is 0 Å². The van der Waals surface area contributed by atoms with E-state index in [9.17, 15) is 13.9 Å². The zero-order valence-electron chi connectivity index (χ0n) is 8.20. The third-order valence-electron chi connectivity index (χ3n) is 1.84. The highest BCUT2D eigenvalue weighted by Gasteiger charge is 2.28. The van der Waals surface area contributed by atoms with Gasteiger partial charge in [-0.05, 0) is 0 Å². The van der Waals surface area contributed by atoms with Gasteiger partial charge in [0.2, 0.25) is 0 Å². The summed E-state index contributed by atoms with van der Waals surface area (Å²) in [6.07, 6.45) is 0.834. The average Bonchev–Trinajstić information content (AvgIpc) is 2.16. The van der Waals surface area contributed by atoms with Gasteiger partial charge in [-0.2, -0.15) is 0 Å². The Balaban J connectivity index is 4.41. The number of hydrogen-bond donors (Lipinski definition) is 0. The molecule has 0 aromatic heterocycles. The lowest BCUT2D eigenvalue weighted by Gasteiger charge is -2.12. The zero-order valence-corrected chi connectivity index (χ0v) is 10.1. The van der Waals surface area contributed by atoms with Gasteiger partial charge < -0.3 is 9.09 Å². The van der Waals surface area contributed by atoms with Gasteiger partial charge in [-0.3, -0.25) is 9.36 Å². The normalized spacial score (nSPS) is 13.8. The Morgan fingerprint density at radius 3 is 2.08 bits per heavy atom. The van der Waals surface area contributed by atoms with E-state index in [0.29, 0.717) is 12.3 Å². The third kappa shape index (κ3) is 3.66. The molecule has 1 unspecified atom stereocenters. The SMILES string of the molecule is CCC(=O)O[PH](=O)P(=O)(CC)CC. The lowest BCUT2D eigenvalue weighted by atomic mass is 10.5. The van der Waals surface area contributed by atoms with Crippen molar-refractivity contribution >= 4 is 20.5 Å². The predicted octanol–water partition coefficient (Wildman–Crippen LogP) is 2.73. The first-order chi connectivity index (χ1) is 6.00. The van der Waals surface area contributed by atoms with Crippen molar-refractivity contribution in [3.05, 3.63) is 0 Å². The molecule has 78 valence electrons. The van der Waals surface area contributed by atoms with Crippen LogP contribution in [0.5, 0.6) is 0 Å². The monoisotopic (exact) mass is 226 g/mol. The quantitative estimate of drug-likeness (QED) is 0.676. The fourth-order valence-electron chi connectivity index (χ4n) is 0.735. The molecule has 0 saturated heterocycles. The second-order valence-electron chi connectivity index (χ2n) is 2.62. The van der Waals surface area contributed by atoms with E-state index < -0.39 is 20.5 Å². The summed E-state index contributed by atoms with van der Waals surface area (Å²) in [5, 5.41) is 0. The molecule has 0 fully saturated rings. The first-order valence-electron chi connectivity index (χ1n) is 4.33. The second-order valence-corrected chi connectivity index (χ2v) is 9.94. The average molecular weight is 226 g/mol. The van der Waals surface area contributed by atoms with Crippen LogP contribution < -0.4 is 0 Å². The maximum Gasteiger partial charge on any atom is 0.310 e. The van der Waals surface area contributed by atoms with Gasteiger partial charge in [-0.25, -0.2) is 0 Å². The van der Waals surface area contributed by atoms with Gasteiger partial charge in [0.15, 0.2) is 6.83 Å². The van der Waals surface area contributed by atoms with Crippen LogP contribution in [0.1, 0.15) is 27.2 Å². The van der Waals surface area contributed by atoms with Crippen LogP contribution in [0.3, 0.4) is 0 Å². The number of carbonyl (C=O) groups excluding carboxylic acids is 1. The van der Waals surface area contributed by atoms with Crippen molar-refractivity contribution in [3.8, 4) is 0 Å². The first kappa shape index (κ1) is 12.9. The minimum absolute atomic E-state index is 0.170. The molecule has 4 nitrogen and oxygen atoms in total. The second kappa shape index (κ2) is 5.62. The van der Waals surface area contributed by atoms with E-state index in [-0.39, 0.29) is 6.42 Å². The van der Waals surface area contributed by atoms with Crippen molar-refractivity contribution in [2.45, 2.75) is 27.2 Å². The molecule has 0 radical (unpaired) electrons. The highest BCUT2D eigenvalue weighted by molar-refractivity contribution is 8.25. The van der Waals surface area contributed by atoms with Gasteiger partial charge in [0.1, 0.15) is 0 Å². The summed E-state index contributed by atoms with van der Waals surface area (Å²) in [6, 6.07) is 0. The molecule has 0 aliphatic carbocycles. The van der Waals surface area contributed by atoms with Crippen molar-refractivity contribution in [2.75, 3.05) is 12.3 Å². The molecule has 1 atom stereocenters. The molecule has 13 heavy (non-hydrogen) atoms. The number of carbonyl (C=O) groups is 1. The minimum Gasteiger partial charge on any atom is -0.408 e. The Kier molecular flexibility index (Phi) is 5.59. The lowest BCUT2D eigenvalue weighted by Crippen LogP contribution is -1.96. The molecule has 0 saturated carbocycles. The summed E-state index contributed by atoms with van der Waals surface area (Å²) in [5.41, 5.74) is 0. The minimum atomic E-state index is -2.74. The lowest BCUT2D eigenvalue weighted by molar-refractivity contribution is -0.133. The van der Waals surface area contributed by atoms with E-state index >= 15 is 0 Å². The Labute approximate surface area is 79.2 Å². The van der Waals surface area contributed by atoms with E-state index in [0.717, 1.165) is 0 Å². The summed E-state index contributed by atoms with van der Waals surface area (Å²) in [5.74, 6) is -0.536. The predicted molar refractivity (Wildman–Crippen MR) is 54.1 cm³/mol. The summed E-state index contributed by atoms with van der Waals surface area (Å²) < 4.78 is 27.7. The maximum atomic E-state index is 11.8. The van der Waals surface area contributed by atoms with Gasteiger partial charge >= 0.3 is 5.97 Å². The fraction of sp³-hybridized carbons (Fsp3) is 0.857. The summed E-state index contributed by atoms with van der Waals surface area (Å²) >= 11 is 0. The standard InChI is InChI=1S/C7H16O4P2/c1-4-7(8)11-12(9)13(10,5-2)6-3/h12H,4-6H2,1-3H3. The van der Waals surface area contributed by atoms with E-state index in [1.807, 2.05) is 0 Å². The van der Waals surface area contributed by atoms with Gasteiger partial charge in [0, 0.05) is 18.7 Å². The molecule has 0 rings (SSSR count). The highest BCUT2D eigenvalue weighted by Crippen LogP contribution is 2.68. The highest BCUT2D eigenvalue weighted by atomic mass is 32.1. The molecule has 0 bridgehead atoms. The Hall–Kier alpha value is -0.0700.